The van der Waals surface area contributed by atoms with Crippen molar-refractivity contribution in [1.29, 1.82) is 0 Å². The van der Waals surface area contributed by atoms with Crippen LogP contribution in [0, 0.1) is 34.2 Å². The lowest BCUT2D eigenvalue weighted by molar-refractivity contribution is -0.157. The van der Waals surface area contributed by atoms with Gasteiger partial charge in [0.05, 0.1) is 6.42 Å². The Morgan fingerprint density at radius 2 is 1.88 bits per heavy atom. The Bertz CT molecular complexity index is 721. The highest BCUT2D eigenvalue weighted by Gasteiger charge is 2.62. The fraction of sp³-hybridized carbons (Fsp3) is 0.650. The fourth-order valence-corrected chi connectivity index (χ4v) is 4.80. The first-order valence-electron chi connectivity index (χ1n) is 9.13. The summed E-state index contributed by atoms with van der Waals surface area (Å²) in [6.45, 7) is 6.64. The molecule has 2 bridgehead atoms. The Balaban J connectivity index is 1.58. The van der Waals surface area contributed by atoms with Crippen LogP contribution in [0.1, 0.15) is 52.0 Å². The van der Waals surface area contributed by atoms with Crippen LogP contribution in [0.2, 0.25) is 0 Å². The third-order valence-corrected chi connectivity index (χ3v) is 6.99. The number of nitrogens with two attached hydrogens (primary N) is 1. The Hall–Kier alpha value is -1.56. The summed E-state index contributed by atoms with van der Waals surface area (Å²) < 4.78 is 45.7. The van der Waals surface area contributed by atoms with Crippen molar-refractivity contribution < 1.29 is 22.7 Å². The average molecular weight is 369 g/mol. The third-order valence-electron chi connectivity index (χ3n) is 6.99. The smallest absolute Gasteiger partial charge is 0.307 e. The van der Waals surface area contributed by atoms with Gasteiger partial charge in [0, 0.05) is 17.5 Å². The standard InChI is InChI=1S/C20H26F3NO2/c1-19(2)12-4-5-20(19,3)17(8-12)26-18(25)9-13(24)6-11-7-15(22)16(23)10-14(11)21/h7,10,12-13,17H,4-6,8-9,24H2,1-3H3. The largest absolute Gasteiger partial charge is 0.462 e. The number of ether oxygens (including phenoxy) is 1. The lowest BCUT2D eigenvalue weighted by atomic mass is 9.70. The quantitative estimate of drug-likeness (QED) is 0.627. The maximum absolute atomic E-state index is 13.7. The maximum atomic E-state index is 13.7. The molecule has 0 heterocycles. The van der Waals surface area contributed by atoms with Crippen LogP contribution >= 0.6 is 0 Å². The molecule has 3 nitrogen and oxygen atoms in total. The minimum Gasteiger partial charge on any atom is -0.462 e. The topological polar surface area (TPSA) is 52.3 Å². The van der Waals surface area contributed by atoms with Crippen molar-refractivity contribution in [3.8, 4) is 0 Å². The van der Waals surface area contributed by atoms with Crippen LogP contribution < -0.4 is 5.73 Å². The number of benzene rings is 1. The van der Waals surface area contributed by atoms with Crippen molar-refractivity contribution in [2.75, 3.05) is 0 Å². The molecule has 0 aromatic heterocycles. The van der Waals surface area contributed by atoms with Crippen LogP contribution in [0.3, 0.4) is 0 Å². The molecule has 2 aliphatic rings. The van der Waals surface area contributed by atoms with E-state index in [-0.39, 0.29) is 35.3 Å². The molecule has 4 atom stereocenters. The molecule has 0 saturated heterocycles. The summed E-state index contributed by atoms with van der Waals surface area (Å²) in [5, 5.41) is 0. The van der Waals surface area contributed by atoms with E-state index in [1.807, 2.05) is 0 Å². The molecule has 0 radical (unpaired) electrons. The summed E-state index contributed by atoms with van der Waals surface area (Å²) in [7, 11) is 0. The predicted molar refractivity (Wildman–Crippen MR) is 91.7 cm³/mol. The molecule has 0 spiro atoms. The first-order chi connectivity index (χ1) is 12.0. The average Bonchev–Trinajstić information content (AvgIpc) is 2.85. The van der Waals surface area contributed by atoms with Gasteiger partial charge in [0.1, 0.15) is 11.9 Å². The molecule has 3 rings (SSSR count). The third kappa shape index (κ3) is 3.13. The maximum Gasteiger partial charge on any atom is 0.307 e. The first-order valence-corrected chi connectivity index (χ1v) is 9.13. The lowest BCUT2D eigenvalue weighted by Gasteiger charge is -2.38. The van der Waals surface area contributed by atoms with Crippen molar-refractivity contribution in [3.63, 3.8) is 0 Å². The molecule has 1 aromatic carbocycles. The molecule has 144 valence electrons. The van der Waals surface area contributed by atoms with Crippen LogP contribution in [0.25, 0.3) is 0 Å². The van der Waals surface area contributed by atoms with Crippen molar-refractivity contribution in [2.24, 2.45) is 22.5 Å². The number of halogens is 3. The van der Waals surface area contributed by atoms with E-state index < -0.39 is 29.5 Å². The van der Waals surface area contributed by atoms with Gasteiger partial charge in [0.25, 0.3) is 0 Å². The number of carbonyl (C=O) groups excluding carboxylic acids is 1. The molecule has 2 saturated carbocycles. The van der Waals surface area contributed by atoms with Crippen LogP contribution in [0.15, 0.2) is 12.1 Å². The fourth-order valence-electron chi connectivity index (χ4n) is 4.80. The summed E-state index contributed by atoms with van der Waals surface area (Å²) in [4.78, 5) is 12.3. The van der Waals surface area contributed by atoms with Gasteiger partial charge in [-0.25, -0.2) is 13.2 Å². The van der Waals surface area contributed by atoms with Crippen molar-refractivity contribution in [1.82, 2.24) is 0 Å². The van der Waals surface area contributed by atoms with Gasteiger partial charge in [-0.1, -0.05) is 20.8 Å². The summed E-state index contributed by atoms with van der Waals surface area (Å²) in [6, 6.07) is 0.560. The molecule has 26 heavy (non-hydrogen) atoms. The number of esters is 1. The second-order valence-electron chi connectivity index (χ2n) is 8.62. The zero-order valence-electron chi connectivity index (χ0n) is 15.5. The van der Waals surface area contributed by atoms with E-state index in [9.17, 15) is 18.0 Å². The van der Waals surface area contributed by atoms with Gasteiger partial charge in [-0.15, -0.1) is 0 Å². The van der Waals surface area contributed by atoms with Gasteiger partial charge in [0.2, 0.25) is 0 Å². The summed E-state index contributed by atoms with van der Waals surface area (Å²) >= 11 is 0. The zero-order chi connectivity index (χ0) is 19.3. The van der Waals surface area contributed by atoms with Crippen LogP contribution in [-0.2, 0) is 16.0 Å². The Morgan fingerprint density at radius 1 is 1.23 bits per heavy atom. The predicted octanol–water partition coefficient (Wildman–Crippen LogP) is 4.12. The summed E-state index contributed by atoms with van der Waals surface area (Å²) in [5.74, 6) is -3.11. The molecule has 1 aromatic rings. The second kappa shape index (κ2) is 6.55. The lowest BCUT2D eigenvalue weighted by Crippen LogP contribution is -2.39. The van der Waals surface area contributed by atoms with Crippen molar-refractivity contribution in [3.05, 3.63) is 35.1 Å². The highest BCUT2D eigenvalue weighted by atomic mass is 19.2. The van der Waals surface area contributed by atoms with Gasteiger partial charge in [-0.3, -0.25) is 4.79 Å². The van der Waals surface area contributed by atoms with Gasteiger partial charge in [-0.2, -0.15) is 0 Å². The Morgan fingerprint density at radius 3 is 2.46 bits per heavy atom. The van der Waals surface area contributed by atoms with E-state index in [1.54, 1.807) is 0 Å². The van der Waals surface area contributed by atoms with Crippen molar-refractivity contribution in [2.45, 2.75) is 65.0 Å². The second-order valence-corrected chi connectivity index (χ2v) is 8.62. The SMILES string of the molecule is CC1(C)C2CCC1(C)C(OC(=O)CC(N)Cc1cc(F)c(F)cc1F)C2. The van der Waals surface area contributed by atoms with Gasteiger partial charge >= 0.3 is 5.97 Å². The first kappa shape index (κ1) is 19.2. The highest BCUT2D eigenvalue weighted by Crippen LogP contribution is 2.66. The number of rotatable bonds is 5. The van der Waals surface area contributed by atoms with Crippen LogP contribution in [0.5, 0.6) is 0 Å². The number of carbonyl (C=O) groups is 1. The van der Waals surface area contributed by atoms with Gasteiger partial charge in [0.15, 0.2) is 11.6 Å². The number of hydrogen-bond acceptors (Lipinski definition) is 3. The molecular weight excluding hydrogens is 343 g/mol. The monoisotopic (exact) mass is 369 g/mol. The van der Waals surface area contributed by atoms with E-state index in [0.717, 1.165) is 25.3 Å². The summed E-state index contributed by atoms with van der Waals surface area (Å²) in [6.07, 6.45) is 2.78. The van der Waals surface area contributed by atoms with E-state index >= 15 is 0 Å². The molecule has 2 N–H and O–H groups in total. The minimum absolute atomic E-state index is 0.0381. The highest BCUT2D eigenvalue weighted by molar-refractivity contribution is 5.70. The molecule has 6 heteroatoms. The number of fused-ring (bicyclic) bond motifs is 2. The van der Waals surface area contributed by atoms with E-state index in [4.69, 9.17) is 10.5 Å². The van der Waals surface area contributed by atoms with Crippen LogP contribution in [0.4, 0.5) is 13.2 Å². The van der Waals surface area contributed by atoms with E-state index in [2.05, 4.69) is 20.8 Å². The molecule has 0 amide bonds. The molecular formula is C20H26F3NO2. The van der Waals surface area contributed by atoms with Gasteiger partial charge in [-0.05, 0) is 48.6 Å². The van der Waals surface area contributed by atoms with Crippen LogP contribution in [-0.4, -0.2) is 18.1 Å². The van der Waals surface area contributed by atoms with E-state index in [1.165, 1.54) is 0 Å². The Labute approximate surface area is 152 Å². The van der Waals surface area contributed by atoms with Crippen molar-refractivity contribution >= 4 is 5.97 Å². The minimum atomic E-state index is -1.24. The molecule has 2 fully saturated rings. The summed E-state index contributed by atoms with van der Waals surface area (Å²) in [5.41, 5.74) is 5.97. The molecule has 2 aliphatic carbocycles. The number of hydrogen-bond donors (Lipinski definition) is 1. The Kier molecular flexibility index (Phi) is 4.84. The zero-order valence-corrected chi connectivity index (χ0v) is 15.5. The van der Waals surface area contributed by atoms with Gasteiger partial charge < -0.3 is 10.5 Å². The molecule has 0 aliphatic heterocycles. The normalized spacial score (nSPS) is 30.4. The molecule has 4 unspecified atom stereocenters. The van der Waals surface area contributed by atoms with E-state index in [0.29, 0.717) is 12.0 Å².